The standard InChI is InChI=1S/C18H37N3O/c1-10-11-12-19(8)16(2,3)13-21-14-17(4,5)20(9)18(6,7)15(21)22/h10-14H2,1-9H3. The van der Waals surface area contributed by atoms with E-state index in [2.05, 4.69) is 63.4 Å². The summed E-state index contributed by atoms with van der Waals surface area (Å²) in [6.45, 7) is 17.9. The van der Waals surface area contributed by atoms with Crippen molar-refractivity contribution < 1.29 is 4.79 Å². The number of hydrogen-bond donors (Lipinski definition) is 0. The largest absolute Gasteiger partial charge is 0.337 e. The maximum absolute atomic E-state index is 12.9. The summed E-state index contributed by atoms with van der Waals surface area (Å²) in [5.74, 6) is 0.242. The molecular formula is C18H37N3O. The van der Waals surface area contributed by atoms with Gasteiger partial charge in [-0.3, -0.25) is 14.6 Å². The summed E-state index contributed by atoms with van der Waals surface area (Å²) < 4.78 is 0. The van der Waals surface area contributed by atoms with Crippen LogP contribution in [0.3, 0.4) is 0 Å². The fraction of sp³-hybridized carbons (Fsp3) is 0.944. The van der Waals surface area contributed by atoms with Gasteiger partial charge < -0.3 is 4.90 Å². The summed E-state index contributed by atoms with van der Waals surface area (Å²) in [4.78, 5) is 19.6. The zero-order valence-electron chi connectivity index (χ0n) is 16.3. The third kappa shape index (κ3) is 3.83. The number of piperazine rings is 1. The summed E-state index contributed by atoms with van der Waals surface area (Å²) in [5, 5.41) is 0. The second-order valence-electron chi connectivity index (χ2n) is 8.68. The first-order valence-electron chi connectivity index (χ1n) is 8.61. The molecule has 0 spiro atoms. The van der Waals surface area contributed by atoms with Gasteiger partial charge in [0.05, 0.1) is 5.54 Å². The van der Waals surface area contributed by atoms with Gasteiger partial charge in [-0.1, -0.05) is 13.3 Å². The van der Waals surface area contributed by atoms with E-state index in [1.54, 1.807) is 0 Å². The number of unbranched alkanes of at least 4 members (excludes halogenated alkanes) is 1. The van der Waals surface area contributed by atoms with E-state index in [0.717, 1.165) is 19.6 Å². The molecule has 0 saturated carbocycles. The Hall–Kier alpha value is -0.610. The van der Waals surface area contributed by atoms with Crippen molar-refractivity contribution in [1.82, 2.24) is 14.7 Å². The molecule has 1 rings (SSSR count). The summed E-state index contributed by atoms with van der Waals surface area (Å²) in [6, 6.07) is 0. The second kappa shape index (κ2) is 6.48. The normalized spacial score (nSPS) is 22.5. The minimum absolute atomic E-state index is 0.00448. The Kier molecular flexibility index (Phi) is 5.73. The number of hydrogen-bond acceptors (Lipinski definition) is 3. The molecule has 1 amide bonds. The SMILES string of the molecule is CCCCN(C)C(C)(C)CN1CC(C)(C)N(C)C(C)(C)C1=O. The average Bonchev–Trinajstić information content (AvgIpc) is 2.40. The van der Waals surface area contributed by atoms with E-state index in [1.165, 1.54) is 12.8 Å². The van der Waals surface area contributed by atoms with Gasteiger partial charge in [0.2, 0.25) is 5.91 Å². The van der Waals surface area contributed by atoms with Gasteiger partial charge in [0, 0.05) is 24.2 Å². The Bertz CT molecular complexity index is 401. The molecule has 0 unspecified atom stereocenters. The lowest BCUT2D eigenvalue weighted by Crippen LogP contribution is -2.71. The van der Waals surface area contributed by atoms with E-state index in [1.807, 2.05) is 13.8 Å². The first kappa shape index (κ1) is 19.4. The molecule has 22 heavy (non-hydrogen) atoms. The van der Waals surface area contributed by atoms with Crippen LogP contribution in [0.15, 0.2) is 0 Å². The predicted octanol–water partition coefficient (Wildman–Crippen LogP) is 2.83. The Morgan fingerprint density at radius 2 is 1.77 bits per heavy atom. The van der Waals surface area contributed by atoms with Crippen LogP contribution in [-0.4, -0.2) is 71.0 Å². The monoisotopic (exact) mass is 311 g/mol. The average molecular weight is 312 g/mol. The zero-order chi connectivity index (χ0) is 17.3. The molecule has 0 aliphatic carbocycles. The Morgan fingerprint density at radius 1 is 1.23 bits per heavy atom. The molecule has 1 aliphatic heterocycles. The van der Waals surface area contributed by atoms with Crippen LogP contribution in [0, 0.1) is 0 Å². The molecule has 0 bridgehead atoms. The van der Waals surface area contributed by atoms with E-state index in [9.17, 15) is 4.79 Å². The minimum atomic E-state index is -0.445. The Labute approximate surface area is 137 Å². The number of likely N-dealkylation sites (N-methyl/N-ethyl adjacent to an activating group) is 2. The topological polar surface area (TPSA) is 26.8 Å². The molecule has 4 nitrogen and oxygen atoms in total. The molecule has 1 fully saturated rings. The molecule has 1 heterocycles. The van der Waals surface area contributed by atoms with E-state index in [-0.39, 0.29) is 17.0 Å². The van der Waals surface area contributed by atoms with Crippen LogP contribution in [0.5, 0.6) is 0 Å². The van der Waals surface area contributed by atoms with E-state index >= 15 is 0 Å². The first-order valence-corrected chi connectivity index (χ1v) is 8.61. The van der Waals surface area contributed by atoms with Gasteiger partial charge in [0.25, 0.3) is 0 Å². The summed E-state index contributed by atoms with van der Waals surface area (Å²) in [5.41, 5.74) is -0.456. The van der Waals surface area contributed by atoms with Crippen molar-refractivity contribution in [3.8, 4) is 0 Å². The molecule has 4 heteroatoms. The molecule has 0 aromatic rings. The molecule has 130 valence electrons. The molecule has 1 aliphatic rings. The lowest BCUT2D eigenvalue weighted by Gasteiger charge is -2.55. The second-order valence-corrected chi connectivity index (χ2v) is 8.68. The lowest BCUT2D eigenvalue weighted by molar-refractivity contribution is -0.159. The van der Waals surface area contributed by atoms with Crippen molar-refractivity contribution in [1.29, 1.82) is 0 Å². The molecule has 1 saturated heterocycles. The Balaban J connectivity index is 2.90. The van der Waals surface area contributed by atoms with Crippen LogP contribution in [0.4, 0.5) is 0 Å². The van der Waals surface area contributed by atoms with Crippen molar-refractivity contribution in [3.63, 3.8) is 0 Å². The van der Waals surface area contributed by atoms with Crippen molar-refractivity contribution in [2.75, 3.05) is 33.7 Å². The van der Waals surface area contributed by atoms with Crippen LogP contribution < -0.4 is 0 Å². The van der Waals surface area contributed by atoms with E-state index in [4.69, 9.17) is 0 Å². The number of nitrogens with zero attached hydrogens (tertiary/aromatic N) is 3. The highest BCUT2D eigenvalue weighted by molar-refractivity contribution is 5.86. The molecule has 0 aromatic carbocycles. The highest BCUT2D eigenvalue weighted by Gasteiger charge is 2.49. The Morgan fingerprint density at radius 3 is 2.27 bits per heavy atom. The molecule has 0 N–H and O–H groups in total. The van der Waals surface area contributed by atoms with Crippen molar-refractivity contribution in [3.05, 3.63) is 0 Å². The van der Waals surface area contributed by atoms with Crippen LogP contribution in [0.1, 0.15) is 61.3 Å². The predicted molar refractivity (Wildman–Crippen MR) is 94.1 cm³/mol. The quantitative estimate of drug-likeness (QED) is 0.755. The summed E-state index contributed by atoms with van der Waals surface area (Å²) >= 11 is 0. The number of carbonyl (C=O) groups is 1. The van der Waals surface area contributed by atoms with Crippen molar-refractivity contribution in [2.45, 2.75) is 77.9 Å². The maximum atomic E-state index is 12.9. The molecule has 0 radical (unpaired) electrons. The summed E-state index contributed by atoms with van der Waals surface area (Å²) in [7, 11) is 4.24. The first-order chi connectivity index (χ1) is 9.86. The van der Waals surface area contributed by atoms with Crippen LogP contribution >= 0.6 is 0 Å². The van der Waals surface area contributed by atoms with E-state index in [0.29, 0.717) is 0 Å². The number of carbonyl (C=O) groups excluding carboxylic acids is 1. The van der Waals surface area contributed by atoms with Gasteiger partial charge in [-0.2, -0.15) is 0 Å². The van der Waals surface area contributed by atoms with Crippen molar-refractivity contribution >= 4 is 5.91 Å². The van der Waals surface area contributed by atoms with Gasteiger partial charge in [0.1, 0.15) is 0 Å². The smallest absolute Gasteiger partial charge is 0.242 e. The fourth-order valence-corrected chi connectivity index (χ4v) is 3.35. The van der Waals surface area contributed by atoms with Gasteiger partial charge in [-0.15, -0.1) is 0 Å². The molecular weight excluding hydrogens is 274 g/mol. The lowest BCUT2D eigenvalue weighted by atomic mass is 9.86. The third-order valence-corrected chi connectivity index (χ3v) is 5.59. The van der Waals surface area contributed by atoms with E-state index < -0.39 is 5.54 Å². The van der Waals surface area contributed by atoms with Crippen molar-refractivity contribution in [2.24, 2.45) is 0 Å². The van der Waals surface area contributed by atoms with Gasteiger partial charge >= 0.3 is 0 Å². The third-order valence-electron chi connectivity index (χ3n) is 5.59. The number of amides is 1. The number of rotatable bonds is 6. The minimum Gasteiger partial charge on any atom is -0.337 e. The van der Waals surface area contributed by atoms with Crippen LogP contribution in [0.25, 0.3) is 0 Å². The van der Waals surface area contributed by atoms with Gasteiger partial charge in [0.15, 0.2) is 0 Å². The zero-order valence-corrected chi connectivity index (χ0v) is 16.3. The summed E-state index contributed by atoms with van der Waals surface area (Å²) in [6.07, 6.45) is 2.40. The van der Waals surface area contributed by atoms with Gasteiger partial charge in [-0.25, -0.2) is 0 Å². The molecule has 0 atom stereocenters. The fourth-order valence-electron chi connectivity index (χ4n) is 3.35. The molecule has 0 aromatic heterocycles. The van der Waals surface area contributed by atoms with Crippen LogP contribution in [-0.2, 0) is 4.79 Å². The van der Waals surface area contributed by atoms with Gasteiger partial charge in [-0.05, 0) is 68.6 Å². The van der Waals surface area contributed by atoms with Crippen LogP contribution in [0.2, 0.25) is 0 Å². The highest BCUT2D eigenvalue weighted by Crippen LogP contribution is 2.32. The highest BCUT2D eigenvalue weighted by atomic mass is 16.2. The maximum Gasteiger partial charge on any atom is 0.242 e.